The second kappa shape index (κ2) is 3.94. The molecule has 1 saturated carbocycles. The smallest absolute Gasteiger partial charge is 0.346 e. The number of nitrogens with one attached hydrogen (secondary N) is 1. The van der Waals surface area contributed by atoms with Gasteiger partial charge in [-0.25, -0.2) is 4.79 Å². The molecule has 0 atom stereocenters. The predicted octanol–water partition coefficient (Wildman–Crippen LogP) is 2.34. The van der Waals surface area contributed by atoms with Crippen LogP contribution in [0.5, 0.6) is 0 Å². The number of thiophene rings is 1. The molecule has 2 rings (SSSR count). The molecule has 4 heteroatoms. The van der Waals surface area contributed by atoms with Crippen LogP contribution < -0.4 is 5.32 Å². The van der Waals surface area contributed by atoms with Crippen molar-refractivity contribution >= 4 is 17.3 Å². The summed E-state index contributed by atoms with van der Waals surface area (Å²) in [6.45, 7) is 3.91. The number of hydrogen-bond acceptors (Lipinski definition) is 3. The molecule has 1 aliphatic carbocycles. The Labute approximate surface area is 93.1 Å². The molecule has 82 valence electrons. The van der Waals surface area contributed by atoms with E-state index in [1.807, 2.05) is 11.4 Å². The molecule has 1 fully saturated rings. The van der Waals surface area contributed by atoms with Crippen LogP contribution in [0.3, 0.4) is 0 Å². The zero-order valence-electron chi connectivity index (χ0n) is 8.75. The summed E-state index contributed by atoms with van der Waals surface area (Å²) < 4.78 is 0. The van der Waals surface area contributed by atoms with E-state index in [2.05, 4.69) is 12.2 Å². The minimum Gasteiger partial charge on any atom is -0.477 e. The van der Waals surface area contributed by atoms with Crippen LogP contribution in [0, 0.1) is 5.41 Å². The second-order valence-electron chi connectivity index (χ2n) is 4.49. The fraction of sp³-hybridized carbons (Fsp3) is 0.545. The molecular weight excluding hydrogens is 210 g/mol. The first kappa shape index (κ1) is 10.6. The Kier molecular flexibility index (Phi) is 2.80. The van der Waals surface area contributed by atoms with Gasteiger partial charge >= 0.3 is 5.97 Å². The maximum Gasteiger partial charge on any atom is 0.346 e. The summed E-state index contributed by atoms with van der Waals surface area (Å²) in [5, 5.41) is 14.1. The number of aromatic carboxylic acids is 1. The summed E-state index contributed by atoms with van der Waals surface area (Å²) in [6, 6.07) is 1.89. The van der Waals surface area contributed by atoms with Gasteiger partial charge in [0.2, 0.25) is 0 Å². The summed E-state index contributed by atoms with van der Waals surface area (Å²) in [4.78, 5) is 11.3. The Morgan fingerprint density at radius 1 is 1.67 bits per heavy atom. The van der Waals surface area contributed by atoms with Gasteiger partial charge in [-0.05, 0) is 35.3 Å². The third-order valence-electron chi connectivity index (χ3n) is 2.91. The molecule has 1 aliphatic rings. The van der Waals surface area contributed by atoms with Crippen LogP contribution in [-0.4, -0.2) is 17.6 Å². The first-order chi connectivity index (χ1) is 7.11. The third kappa shape index (κ3) is 2.58. The molecule has 15 heavy (non-hydrogen) atoms. The molecule has 0 radical (unpaired) electrons. The summed E-state index contributed by atoms with van der Waals surface area (Å²) in [6.07, 6.45) is 2.57. The van der Waals surface area contributed by atoms with Crippen molar-refractivity contribution in [3.63, 3.8) is 0 Å². The average molecular weight is 225 g/mol. The number of rotatable bonds is 5. The number of carboxylic acid groups (broad SMARTS) is 1. The van der Waals surface area contributed by atoms with Crippen LogP contribution in [-0.2, 0) is 6.54 Å². The summed E-state index contributed by atoms with van der Waals surface area (Å²) in [5.41, 5.74) is 1.37. The zero-order chi connectivity index (χ0) is 10.9. The van der Waals surface area contributed by atoms with E-state index in [1.165, 1.54) is 24.2 Å². The van der Waals surface area contributed by atoms with Crippen LogP contribution in [0.2, 0.25) is 0 Å². The Morgan fingerprint density at radius 2 is 2.40 bits per heavy atom. The van der Waals surface area contributed by atoms with E-state index < -0.39 is 5.97 Å². The minimum absolute atomic E-state index is 0.462. The molecule has 0 aromatic carbocycles. The normalized spacial score (nSPS) is 17.7. The number of carboxylic acids is 1. The Hall–Kier alpha value is -0.870. The molecule has 2 N–H and O–H groups in total. The van der Waals surface area contributed by atoms with E-state index in [0.717, 1.165) is 12.1 Å². The molecule has 3 nitrogen and oxygen atoms in total. The molecule has 1 aromatic heterocycles. The van der Waals surface area contributed by atoms with Crippen LogP contribution in [0.25, 0.3) is 0 Å². The van der Waals surface area contributed by atoms with Gasteiger partial charge in [-0.2, -0.15) is 0 Å². The van der Waals surface area contributed by atoms with E-state index in [-0.39, 0.29) is 0 Å². The molecular formula is C11H15NO2S. The van der Waals surface area contributed by atoms with E-state index in [1.54, 1.807) is 0 Å². The summed E-state index contributed by atoms with van der Waals surface area (Å²) >= 11 is 1.29. The van der Waals surface area contributed by atoms with Crippen LogP contribution in [0.4, 0.5) is 0 Å². The van der Waals surface area contributed by atoms with Gasteiger partial charge in [-0.3, -0.25) is 0 Å². The van der Waals surface area contributed by atoms with Gasteiger partial charge in [0, 0.05) is 13.1 Å². The molecule has 1 heterocycles. The van der Waals surface area contributed by atoms with Crippen molar-refractivity contribution in [2.24, 2.45) is 5.41 Å². The van der Waals surface area contributed by atoms with Crippen LogP contribution >= 0.6 is 11.3 Å². The largest absolute Gasteiger partial charge is 0.477 e. The maximum atomic E-state index is 10.8. The summed E-state index contributed by atoms with van der Waals surface area (Å²) in [7, 11) is 0. The van der Waals surface area contributed by atoms with E-state index in [4.69, 9.17) is 5.11 Å². The van der Waals surface area contributed by atoms with Crippen molar-refractivity contribution in [1.29, 1.82) is 0 Å². The zero-order valence-corrected chi connectivity index (χ0v) is 9.56. The van der Waals surface area contributed by atoms with Gasteiger partial charge < -0.3 is 10.4 Å². The SMILES string of the molecule is CC1(CNCc2ccsc2C(=O)O)CC1. The molecule has 1 aromatic rings. The molecule has 0 aliphatic heterocycles. The predicted molar refractivity (Wildman–Crippen MR) is 60.3 cm³/mol. The van der Waals surface area contributed by atoms with Crippen molar-refractivity contribution < 1.29 is 9.90 Å². The fourth-order valence-corrected chi connectivity index (χ4v) is 2.31. The Bertz CT molecular complexity index is 368. The van der Waals surface area contributed by atoms with Crippen molar-refractivity contribution in [3.05, 3.63) is 21.9 Å². The lowest BCUT2D eigenvalue weighted by atomic mass is 10.1. The van der Waals surface area contributed by atoms with Crippen molar-refractivity contribution in [2.45, 2.75) is 26.3 Å². The second-order valence-corrected chi connectivity index (χ2v) is 5.41. The molecule has 0 unspecified atom stereocenters. The van der Waals surface area contributed by atoms with E-state index in [9.17, 15) is 4.79 Å². The first-order valence-corrected chi connectivity index (χ1v) is 5.99. The van der Waals surface area contributed by atoms with Gasteiger partial charge in [-0.15, -0.1) is 11.3 Å². The number of hydrogen-bond donors (Lipinski definition) is 2. The van der Waals surface area contributed by atoms with Crippen molar-refractivity contribution in [3.8, 4) is 0 Å². The molecule has 0 amide bonds. The highest BCUT2D eigenvalue weighted by atomic mass is 32.1. The van der Waals surface area contributed by atoms with Gasteiger partial charge in [0.05, 0.1) is 0 Å². The molecule has 0 spiro atoms. The number of carbonyl (C=O) groups is 1. The Balaban J connectivity index is 1.87. The fourth-order valence-electron chi connectivity index (χ4n) is 1.55. The monoisotopic (exact) mass is 225 g/mol. The van der Waals surface area contributed by atoms with Crippen LogP contribution in [0.1, 0.15) is 35.0 Å². The van der Waals surface area contributed by atoms with Crippen LogP contribution in [0.15, 0.2) is 11.4 Å². The minimum atomic E-state index is -0.820. The van der Waals surface area contributed by atoms with Crippen molar-refractivity contribution in [1.82, 2.24) is 5.32 Å². The van der Waals surface area contributed by atoms with Gasteiger partial charge in [0.1, 0.15) is 4.88 Å². The molecule has 0 bridgehead atoms. The van der Waals surface area contributed by atoms with E-state index >= 15 is 0 Å². The lowest BCUT2D eigenvalue weighted by Gasteiger charge is -2.09. The quantitative estimate of drug-likeness (QED) is 0.808. The van der Waals surface area contributed by atoms with Crippen molar-refractivity contribution in [2.75, 3.05) is 6.54 Å². The lowest BCUT2D eigenvalue weighted by Crippen LogP contribution is -2.22. The van der Waals surface area contributed by atoms with Gasteiger partial charge in [0.25, 0.3) is 0 Å². The topological polar surface area (TPSA) is 49.3 Å². The lowest BCUT2D eigenvalue weighted by molar-refractivity contribution is 0.0701. The third-order valence-corrected chi connectivity index (χ3v) is 3.86. The summed E-state index contributed by atoms with van der Waals surface area (Å²) in [5.74, 6) is -0.820. The van der Waals surface area contributed by atoms with Gasteiger partial charge in [0.15, 0.2) is 0 Å². The maximum absolute atomic E-state index is 10.8. The standard InChI is InChI=1S/C11H15NO2S/c1-11(3-4-11)7-12-6-8-2-5-15-9(8)10(13)14/h2,5,12H,3-4,6-7H2,1H3,(H,13,14). The Morgan fingerprint density at radius 3 is 3.00 bits per heavy atom. The van der Waals surface area contributed by atoms with Gasteiger partial charge in [-0.1, -0.05) is 6.92 Å². The molecule has 0 saturated heterocycles. The highest BCUT2D eigenvalue weighted by Crippen LogP contribution is 2.44. The first-order valence-electron chi connectivity index (χ1n) is 5.11. The highest BCUT2D eigenvalue weighted by molar-refractivity contribution is 7.12. The average Bonchev–Trinajstić information content (AvgIpc) is 2.74. The highest BCUT2D eigenvalue weighted by Gasteiger charge is 2.36. The van der Waals surface area contributed by atoms with E-state index in [0.29, 0.717) is 16.8 Å².